The SMILES string of the molecule is Cc1cc(C(C)(C)C)ccc1CC(=O)NCCCO. The molecule has 3 nitrogen and oxygen atoms in total. The number of carbonyl (C=O) groups excluding carboxylic acids is 1. The van der Waals surface area contributed by atoms with Crippen LogP contribution in [0.5, 0.6) is 0 Å². The van der Waals surface area contributed by atoms with Crippen molar-refractivity contribution >= 4 is 5.91 Å². The molecule has 0 aromatic heterocycles. The molecule has 1 amide bonds. The fourth-order valence-corrected chi connectivity index (χ4v) is 1.90. The van der Waals surface area contributed by atoms with Gasteiger partial charge in [-0.05, 0) is 35.4 Å². The third-order valence-corrected chi connectivity index (χ3v) is 3.22. The Labute approximate surface area is 116 Å². The maximum absolute atomic E-state index is 11.7. The first-order valence-corrected chi connectivity index (χ1v) is 6.82. The van der Waals surface area contributed by atoms with Crippen LogP contribution in [0, 0.1) is 6.92 Å². The van der Waals surface area contributed by atoms with Gasteiger partial charge in [-0.3, -0.25) is 4.79 Å². The Kier molecular flexibility index (Phi) is 5.55. The van der Waals surface area contributed by atoms with Gasteiger partial charge in [0.05, 0.1) is 6.42 Å². The van der Waals surface area contributed by atoms with E-state index in [0.29, 0.717) is 19.4 Å². The first-order valence-electron chi connectivity index (χ1n) is 6.82. The van der Waals surface area contributed by atoms with E-state index in [1.807, 2.05) is 13.0 Å². The Morgan fingerprint density at radius 3 is 2.53 bits per heavy atom. The minimum atomic E-state index is 0.0139. The standard InChI is InChI=1S/C16H25NO2/c1-12-10-14(16(2,3)4)7-6-13(12)11-15(19)17-8-5-9-18/h6-7,10,18H,5,8-9,11H2,1-4H3,(H,17,19). The second kappa shape index (κ2) is 6.71. The Bertz CT molecular complexity index is 433. The van der Waals surface area contributed by atoms with Crippen LogP contribution in [0.1, 0.15) is 43.9 Å². The summed E-state index contributed by atoms with van der Waals surface area (Å²) in [5.74, 6) is 0.0139. The summed E-state index contributed by atoms with van der Waals surface area (Å²) in [5.41, 5.74) is 3.64. The normalized spacial score (nSPS) is 11.4. The van der Waals surface area contributed by atoms with E-state index in [4.69, 9.17) is 5.11 Å². The van der Waals surface area contributed by atoms with Crippen molar-refractivity contribution in [2.75, 3.05) is 13.2 Å². The Morgan fingerprint density at radius 2 is 2.00 bits per heavy atom. The number of carbonyl (C=O) groups is 1. The Balaban J connectivity index is 2.67. The number of aliphatic hydroxyl groups is 1. The first kappa shape index (κ1) is 15.7. The number of hydrogen-bond donors (Lipinski definition) is 2. The van der Waals surface area contributed by atoms with Gasteiger partial charge < -0.3 is 10.4 Å². The van der Waals surface area contributed by atoms with Gasteiger partial charge in [0.25, 0.3) is 0 Å². The zero-order chi connectivity index (χ0) is 14.5. The van der Waals surface area contributed by atoms with Crippen LogP contribution < -0.4 is 5.32 Å². The van der Waals surface area contributed by atoms with Crippen LogP contribution in [0.15, 0.2) is 18.2 Å². The highest BCUT2D eigenvalue weighted by molar-refractivity contribution is 5.78. The molecule has 0 aliphatic carbocycles. The predicted octanol–water partition coefficient (Wildman–Crippen LogP) is 2.33. The summed E-state index contributed by atoms with van der Waals surface area (Å²) in [6.45, 7) is 9.24. The number of amides is 1. The monoisotopic (exact) mass is 263 g/mol. The summed E-state index contributed by atoms with van der Waals surface area (Å²) >= 11 is 0. The molecule has 0 heterocycles. The van der Waals surface area contributed by atoms with Crippen LogP contribution in [-0.2, 0) is 16.6 Å². The molecule has 0 bridgehead atoms. The fourth-order valence-electron chi connectivity index (χ4n) is 1.90. The summed E-state index contributed by atoms with van der Waals surface area (Å²) in [6, 6.07) is 6.31. The van der Waals surface area contributed by atoms with Crippen LogP contribution in [0.2, 0.25) is 0 Å². The molecule has 1 aromatic carbocycles. The lowest BCUT2D eigenvalue weighted by atomic mass is 9.85. The number of aryl methyl sites for hydroxylation is 1. The van der Waals surface area contributed by atoms with Crippen LogP contribution in [-0.4, -0.2) is 24.2 Å². The quantitative estimate of drug-likeness (QED) is 0.801. The van der Waals surface area contributed by atoms with Crippen LogP contribution in [0.25, 0.3) is 0 Å². The molecule has 0 aliphatic rings. The average Bonchev–Trinajstić information content (AvgIpc) is 2.31. The molecule has 106 valence electrons. The second-order valence-corrected chi connectivity index (χ2v) is 6.00. The number of hydrogen-bond acceptors (Lipinski definition) is 2. The zero-order valence-corrected chi connectivity index (χ0v) is 12.4. The van der Waals surface area contributed by atoms with Gasteiger partial charge >= 0.3 is 0 Å². The van der Waals surface area contributed by atoms with E-state index in [1.165, 1.54) is 5.56 Å². The van der Waals surface area contributed by atoms with Gasteiger partial charge in [0.15, 0.2) is 0 Å². The molecule has 0 fully saturated rings. The highest BCUT2D eigenvalue weighted by atomic mass is 16.3. The van der Waals surface area contributed by atoms with Crippen molar-refractivity contribution in [2.24, 2.45) is 0 Å². The molecular weight excluding hydrogens is 238 g/mol. The van der Waals surface area contributed by atoms with E-state index < -0.39 is 0 Å². The average molecular weight is 263 g/mol. The summed E-state index contributed by atoms with van der Waals surface area (Å²) in [6.07, 6.45) is 1.01. The zero-order valence-electron chi connectivity index (χ0n) is 12.4. The van der Waals surface area contributed by atoms with Gasteiger partial charge in [-0.1, -0.05) is 39.0 Å². The fraction of sp³-hybridized carbons (Fsp3) is 0.562. The van der Waals surface area contributed by atoms with Crippen molar-refractivity contribution < 1.29 is 9.90 Å². The lowest BCUT2D eigenvalue weighted by Gasteiger charge is -2.20. The minimum Gasteiger partial charge on any atom is -0.396 e. The summed E-state index contributed by atoms with van der Waals surface area (Å²) in [5, 5.41) is 11.5. The van der Waals surface area contributed by atoms with Crippen LogP contribution in [0.4, 0.5) is 0 Å². The molecule has 1 aromatic rings. The third kappa shape index (κ3) is 5.03. The largest absolute Gasteiger partial charge is 0.396 e. The van der Waals surface area contributed by atoms with E-state index in [-0.39, 0.29) is 17.9 Å². The highest BCUT2D eigenvalue weighted by Crippen LogP contribution is 2.24. The Hall–Kier alpha value is -1.35. The molecule has 3 heteroatoms. The van der Waals surface area contributed by atoms with E-state index in [0.717, 1.165) is 11.1 Å². The van der Waals surface area contributed by atoms with Gasteiger partial charge in [-0.2, -0.15) is 0 Å². The summed E-state index contributed by atoms with van der Waals surface area (Å²) in [7, 11) is 0. The van der Waals surface area contributed by atoms with Crippen molar-refractivity contribution in [1.29, 1.82) is 0 Å². The van der Waals surface area contributed by atoms with Crippen molar-refractivity contribution in [3.8, 4) is 0 Å². The molecule has 2 N–H and O–H groups in total. The first-order chi connectivity index (χ1) is 8.84. The molecule has 0 saturated carbocycles. The molecule has 0 aliphatic heterocycles. The molecule has 19 heavy (non-hydrogen) atoms. The number of rotatable bonds is 5. The molecule has 0 spiro atoms. The maximum atomic E-state index is 11.7. The lowest BCUT2D eigenvalue weighted by molar-refractivity contribution is -0.120. The maximum Gasteiger partial charge on any atom is 0.224 e. The van der Waals surface area contributed by atoms with Gasteiger partial charge in [0.1, 0.15) is 0 Å². The van der Waals surface area contributed by atoms with E-state index in [9.17, 15) is 4.79 Å². The van der Waals surface area contributed by atoms with Gasteiger partial charge in [-0.25, -0.2) is 0 Å². The highest BCUT2D eigenvalue weighted by Gasteiger charge is 2.15. The van der Waals surface area contributed by atoms with Gasteiger partial charge in [-0.15, -0.1) is 0 Å². The van der Waals surface area contributed by atoms with Gasteiger partial charge in [0.2, 0.25) is 5.91 Å². The second-order valence-electron chi connectivity index (χ2n) is 6.00. The van der Waals surface area contributed by atoms with Crippen LogP contribution >= 0.6 is 0 Å². The molecule has 1 rings (SSSR count). The number of benzene rings is 1. The number of nitrogens with one attached hydrogen (secondary N) is 1. The summed E-state index contributed by atoms with van der Waals surface area (Å²) in [4.78, 5) is 11.7. The molecule has 0 unspecified atom stereocenters. The predicted molar refractivity (Wildman–Crippen MR) is 78.3 cm³/mol. The van der Waals surface area contributed by atoms with Crippen molar-refractivity contribution in [3.63, 3.8) is 0 Å². The van der Waals surface area contributed by atoms with E-state index in [2.05, 4.69) is 38.2 Å². The summed E-state index contributed by atoms with van der Waals surface area (Å²) < 4.78 is 0. The molecular formula is C16H25NO2. The number of aliphatic hydroxyl groups excluding tert-OH is 1. The minimum absolute atomic E-state index is 0.0139. The molecule has 0 saturated heterocycles. The Morgan fingerprint density at radius 1 is 1.32 bits per heavy atom. The smallest absolute Gasteiger partial charge is 0.224 e. The molecule has 0 atom stereocenters. The van der Waals surface area contributed by atoms with Crippen molar-refractivity contribution in [1.82, 2.24) is 5.32 Å². The van der Waals surface area contributed by atoms with Gasteiger partial charge in [0, 0.05) is 13.2 Å². The van der Waals surface area contributed by atoms with E-state index in [1.54, 1.807) is 0 Å². The molecule has 0 radical (unpaired) electrons. The lowest BCUT2D eigenvalue weighted by Crippen LogP contribution is -2.27. The van der Waals surface area contributed by atoms with Crippen LogP contribution in [0.3, 0.4) is 0 Å². The van der Waals surface area contributed by atoms with E-state index >= 15 is 0 Å². The van der Waals surface area contributed by atoms with Crippen molar-refractivity contribution in [2.45, 2.75) is 46.0 Å². The third-order valence-electron chi connectivity index (χ3n) is 3.22. The topological polar surface area (TPSA) is 49.3 Å². The van der Waals surface area contributed by atoms with Crippen molar-refractivity contribution in [3.05, 3.63) is 34.9 Å².